The quantitative estimate of drug-likeness (QED) is 0.194. The lowest BCUT2D eigenvalue weighted by atomic mass is 10.3. The molecule has 0 saturated heterocycles. The number of nitrogens with one attached hydrogen (secondary N) is 3. The van der Waals surface area contributed by atoms with E-state index in [1.54, 1.807) is 0 Å². The topological polar surface area (TPSA) is 174 Å². The van der Waals surface area contributed by atoms with Crippen molar-refractivity contribution in [2.75, 3.05) is 31.6 Å². The number of carbonyl (C=O) groups is 1. The Bertz CT molecular complexity index is 1180. The van der Waals surface area contributed by atoms with Gasteiger partial charge in [-0.1, -0.05) is 0 Å². The van der Waals surface area contributed by atoms with E-state index >= 15 is 0 Å². The summed E-state index contributed by atoms with van der Waals surface area (Å²) in [5, 5.41) is 13.2. The van der Waals surface area contributed by atoms with Crippen LogP contribution in [0.25, 0.3) is 0 Å². The second-order valence-corrected chi connectivity index (χ2v) is 10.5. The van der Waals surface area contributed by atoms with Gasteiger partial charge in [-0.05, 0) is 49.7 Å². The molecule has 0 aliphatic rings. The van der Waals surface area contributed by atoms with Crippen molar-refractivity contribution in [1.29, 1.82) is 0 Å². The van der Waals surface area contributed by atoms with E-state index in [2.05, 4.69) is 14.8 Å². The number of hydrogen-bond acceptors (Lipinski definition) is 8. The van der Waals surface area contributed by atoms with Crippen molar-refractivity contribution in [3.8, 4) is 0 Å². The number of amides is 1. The lowest BCUT2D eigenvalue weighted by Crippen LogP contribution is -2.28. The van der Waals surface area contributed by atoms with Gasteiger partial charge in [-0.15, -0.1) is 0 Å². The molecule has 0 heterocycles. The highest BCUT2D eigenvalue weighted by molar-refractivity contribution is 7.89. The molecule has 0 fully saturated rings. The average molecular weight is 515 g/mol. The first kappa shape index (κ1) is 27.3. The molecule has 0 saturated carbocycles. The Morgan fingerprint density at radius 3 is 1.97 bits per heavy atom. The van der Waals surface area contributed by atoms with Crippen LogP contribution in [0.2, 0.25) is 0 Å². The van der Waals surface area contributed by atoms with Crippen LogP contribution in [-0.4, -0.2) is 54.0 Å². The first-order valence-corrected chi connectivity index (χ1v) is 13.2. The smallest absolute Gasteiger partial charge is 0.269 e. The van der Waals surface area contributed by atoms with E-state index in [4.69, 9.17) is 4.74 Å². The predicted molar refractivity (Wildman–Crippen MR) is 124 cm³/mol. The fourth-order valence-corrected chi connectivity index (χ4v) is 4.78. The van der Waals surface area contributed by atoms with E-state index in [1.165, 1.54) is 24.3 Å². The number of rotatable bonds is 14. The van der Waals surface area contributed by atoms with E-state index < -0.39 is 30.9 Å². The molecular weight excluding hydrogens is 488 g/mol. The minimum atomic E-state index is -3.94. The van der Waals surface area contributed by atoms with Crippen molar-refractivity contribution in [3.05, 3.63) is 58.6 Å². The second kappa shape index (κ2) is 12.5. The summed E-state index contributed by atoms with van der Waals surface area (Å²) in [5.74, 6) is -0.490. The number of carbonyl (C=O) groups excluding carboxylic acids is 1. The fraction of sp³-hybridized carbons (Fsp3) is 0.350. The summed E-state index contributed by atoms with van der Waals surface area (Å²) < 4.78 is 58.9. The SMILES string of the molecule is CCOCCCNS(=O)(=O)c1ccc(NC(=O)CCNS(=O)(=O)c2ccc([N+](=O)[O-])cc2)cc1. The van der Waals surface area contributed by atoms with Crippen LogP contribution in [0.15, 0.2) is 58.3 Å². The number of nitrogens with zero attached hydrogens (tertiary/aromatic N) is 1. The standard InChI is InChI=1S/C20H26N4O8S2/c1-2-32-15-3-13-21-33(28,29)18-8-4-16(5-9-18)23-20(25)12-14-22-34(30,31)19-10-6-17(7-11-19)24(26)27/h4-11,21-22H,2-3,12-15H2,1H3,(H,23,25). The summed E-state index contributed by atoms with van der Waals surface area (Å²) in [6, 6.07) is 9.88. The number of hydrogen-bond donors (Lipinski definition) is 3. The Morgan fingerprint density at radius 2 is 1.44 bits per heavy atom. The molecule has 0 radical (unpaired) electrons. The summed E-state index contributed by atoms with van der Waals surface area (Å²) in [4.78, 5) is 22.0. The lowest BCUT2D eigenvalue weighted by molar-refractivity contribution is -0.384. The molecule has 0 atom stereocenters. The van der Waals surface area contributed by atoms with Gasteiger partial charge in [0.15, 0.2) is 0 Å². The van der Waals surface area contributed by atoms with E-state index in [0.29, 0.717) is 25.3 Å². The van der Waals surface area contributed by atoms with E-state index in [9.17, 15) is 31.7 Å². The van der Waals surface area contributed by atoms with Crippen LogP contribution < -0.4 is 14.8 Å². The number of benzene rings is 2. The van der Waals surface area contributed by atoms with Crippen molar-refractivity contribution < 1.29 is 31.3 Å². The van der Waals surface area contributed by atoms with Crippen molar-refractivity contribution in [1.82, 2.24) is 9.44 Å². The summed E-state index contributed by atoms with van der Waals surface area (Å²) in [5.41, 5.74) is 0.105. The van der Waals surface area contributed by atoms with Gasteiger partial charge in [0, 0.05) is 50.5 Å². The lowest BCUT2D eigenvalue weighted by Gasteiger charge is -2.09. The number of ether oxygens (including phenoxy) is 1. The van der Waals surface area contributed by atoms with Gasteiger partial charge in [0.05, 0.1) is 14.7 Å². The number of nitro groups is 1. The number of sulfonamides is 2. The van der Waals surface area contributed by atoms with Crippen LogP contribution in [0.3, 0.4) is 0 Å². The predicted octanol–water partition coefficient (Wildman–Crippen LogP) is 1.61. The van der Waals surface area contributed by atoms with Gasteiger partial charge < -0.3 is 10.1 Å². The highest BCUT2D eigenvalue weighted by atomic mass is 32.2. The first-order chi connectivity index (χ1) is 16.0. The molecule has 2 aromatic carbocycles. The summed E-state index contributed by atoms with van der Waals surface area (Å²) in [6.07, 6.45) is 0.350. The zero-order valence-electron chi connectivity index (χ0n) is 18.4. The molecule has 0 aliphatic carbocycles. The first-order valence-electron chi connectivity index (χ1n) is 10.3. The molecule has 2 rings (SSSR count). The third-order valence-corrected chi connectivity index (χ3v) is 7.37. The minimum absolute atomic E-state index is 0.0396. The molecule has 186 valence electrons. The largest absolute Gasteiger partial charge is 0.382 e. The third kappa shape index (κ3) is 8.46. The molecule has 0 bridgehead atoms. The van der Waals surface area contributed by atoms with E-state index in [0.717, 1.165) is 24.3 Å². The Morgan fingerprint density at radius 1 is 0.912 bits per heavy atom. The van der Waals surface area contributed by atoms with Gasteiger partial charge in [0.2, 0.25) is 26.0 Å². The number of non-ortho nitro benzene ring substituents is 1. The average Bonchev–Trinajstić information content (AvgIpc) is 2.79. The molecular formula is C20H26N4O8S2. The Labute approximate surface area is 198 Å². The Hall–Kier alpha value is -2.91. The van der Waals surface area contributed by atoms with Crippen molar-refractivity contribution in [2.24, 2.45) is 0 Å². The highest BCUT2D eigenvalue weighted by Gasteiger charge is 2.17. The summed E-state index contributed by atoms with van der Waals surface area (Å²) in [6.45, 7) is 2.89. The van der Waals surface area contributed by atoms with E-state index in [1.807, 2.05) is 6.92 Å². The van der Waals surface area contributed by atoms with Gasteiger partial charge in [-0.25, -0.2) is 26.3 Å². The van der Waals surface area contributed by atoms with Crippen LogP contribution in [0.4, 0.5) is 11.4 Å². The van der Waals surface area contributed by atoms with Crippen molar-refractivity contribution in [2.45, 2.75) is 29.6 Å². The molecule has 1 amide bonds. The number of nitro benzene ring substituents is 1. The second-order valence-electron chi connectivity index (χ2n) is 6.92. The van der Waals surface area contributed by atoms with Crippen molar-refractivity contribution >= 4 is 37.3 Å². The van der Waals surface area contributed by atoms with Crippen LogP contribution >= 0.6 is 0 Å². The molecule has 14 heteroatoms. The molecule has 0 unspecified atom stereocenters. The molecule has 0 aromatic heterocycles. The fourth-order valence-electron chi connectivity index (χ4n) is 2.68. The van der Waals surface area contributed by atoms with Gasteiger partial charge in [-0.2, -0.15) is 0 Å². The maximum atomic E-state index is 12.3. The molecule has 0 aliphatic heterocycles. The summed E-state index contributed by atoms with van der Waals surface area (Å²) in [7, 11) is -7.63. The van der Waals surface area contributed by atoms with Crippen molar-refractivity contribution in [3.63, 3.8) is 0 Å². The molecule has 12 nitrogen and oxygen atoms in total. The molecule has 2 aromatic rings. The highest BCUT2D eigenvalue weighted by Crippen LogP contribution is 2.16. The molecule has 34 heavy (non-hydrogen) atoms. The van der Waals surface area contributed by atoms with Crippen LogP contribution in [-0.2, 0) is 29.6 Å². The summed E-state index contributed by atoms with van der Waals surface area (Å²) >= 11 is 0. The van der Waals surface area contributed by atoms with Crippen LogP contribution in [0, 0.1) is 10.1 Å². The zero-order chi connectivity index (χ0) is 25.2. The molecule has 3 N–H and O–H groups in total. The van der Waals surface area contributed by atoms with E-state index in [-0.39, 0.29) is 35.0 Å². The third-order valence-electron chi connectivity index (χ3n) is 4.41. The zero-order valence-corrected chi connectivity index (χ0v) is 20.0. The minimum Gasteiger partial charge on any atom is -0.382 e. The monoisotopic (exact) mass is 514 g/mol. The van der Waals surface area contributed by atoms with Crippen LogP contribution in [0.5, 0.6) is 0 Å². The molecule has 0 spiro atoms. The maximum absolute atomic E-state index is 12.3. The number of anilines is 1. The maximum Gasteiger partial charge on any atom is 0.269 e. The van der Waals surface area contributed by atoms with Gasteiger partial charge >= 0.3 is 0 Å². The Balaban J connectivity index is 1.83. The van der Waals surface area contributed by atoms with Gasteiger partial charge in [0.25, 0.3) is 5.69 Å². The Kier molecular flexibility index (Phi) is 10.1. The van der Waals surface area contributed by atoms with Crippen LogP contribution in [0.1, 0.15) is 19.8 Å². The van der Waals surface area contributed by atoms with Gasteiger partial charge in [0.1, 0.15) is 0 Å². The van der Waals surface area contributed by atoms with Gasteiger partial charge in [-0.3, -0.25) is 14.9 Å². The normalized spacial score (nSPS) is 11.8.